The van der Waals surface area contributed by atoms with Crippen molar-refractivity contribution in [1.29, 1.82) is 0 Å². The number of pyridine rings is 1. The van der Waals surface area contributed by atoms with Crippen LogP contribution in [0.4, 0.5) is 0 Å². The Balaban J connectivity index is 2.24. The van der Waals surface area contributed by atoms with E-state index in [0.29, 0.717) is 0 Å². The van der Waals surface area contributed by atoms with Gasteiger partial charge in [-0.25, -0.2) is 0 Å². The average Bonchev–Trinajstić information content (AvgIpc) is 2.59. The van der Waals surface area contributed by atoms with Crippen LogP contribution in [0.25, 0.3) is 22.5 Å². The Labute approximate surface area is 154 Å². The second kappa shape index (κ2) is 6.84. The van der Waals surface area contributed by atoms with Gasteiger partial charge in [-0.3, -0.25) is 0 Å². The zero-order chi connectivity index (χ0) is 16.4. The molecule has 0 aliphatic heterocycles. The monoisotopic (exact) mass is 433 g/mol. The van der Waals surface area contributed by atoms with Crippen molar-refractivity contribution < 1.29 is 4.74 Å². The Hall–Kier alpha value is -1.66. The minimum absolute atomic E-state index is 0.851. The van der Waals surface area contributed by atoms with Gasteiger partial charge in [-0.15, -0.1) is 0 Å². The molecule has 0 spiro atoms. The lowest BCUT2D eigenvalue weighted by molar-refractivity contribution is 0.415. The summed E-state index contributed by atoms with van der Waals surface area (Å²) in [5, 5.41) is 0. The van der Waals surface area contributed by atoms with E-state index in [9.17, 15) is 0 Å². The highest BCUT2D eigenvalue weighted by molar-refractivity contribution is 14.1. The highest BCUT2D eigenvalue weighted by Crippen LogP contribution is 2.32. The second-order valence-corrected chi connectivity index (χ2v) is 6.73. The smallest absolute Gasteiger partial charge is 0.118 e. The fourth-order valence-electron chi connectivity index (χ4n) is 2.62. The first-order chi connectivity index (χ1) is 11.1. The maximum Gasteiger partial charge on any atom is 0.118 e. The molecule has 0 saturated carbocycles. The summed E-state index contributed by atoms with van der Waals surface area (Å²) < 4.78 is 9.41. The predicted molar refractivity (Wildman–Crippen MR) is 106 cm³/mol. The molecule has 1 heterocycles. The molecule has 0 amide bonds. The first-order valence-electron chi connectivity index (χ1n) is 7.21. The van der Waals surface area contributed by atoms with Gasteiger partial charge in [0.1, 0.15) is 5.75 Å². The van der Waals surface area contributed by atoms with Crippen LogP contribution in [0.1, 0.15) is 0 Å². The van der Waals surface area contributed by atoms with Crippen LogP contribution in [-0.4, -0.2) is 11.7 Å². The van der Waals surface area contributed by atoms with E-state index in [-0.39, 0.29) is 0 Å². The van der Waals surface area contributed by atoms with Crippen LogP contribution in [-0.2, 0) is 7.05 Å². The SMILES string of the molecule is COc1ccc(-c2c(I)c(=S)cc(-c3ccccc3)n2C)cc1. The molecular formula is C19H16INOS. The van der Waals surface area contributed by atoms with Crippen LogP contribution >= 0.6 is 34.8 Å². The van der Waals surface area contributed by atoms with E-state index in [1.54, 1.807) is 7.11 Å². The van der Waals surface area contributed by atoms with Gasteiger partial charge in [-0.1, -0.05) is 42.5 Å². The van der Waals surface area contributed by atoms with Crippen molar-refractivity contribution in [2.45, 2.75) is 0 Å². The molecule has 1 aromatic heterocycles. The molecule has 4 heteroatoms. The number of benzene rings is 2. The third-order valence-corrected chi connectivity index (χ3v) is 5.60. The van der Waals surface area contributed by atoms with Gasteiger partial charge in [0, 0.05) is 12.7 Å². The zero-order valence-corrected chi connectivity index (χ0v) is 15.9. The standard InChI is InChI=1S/C19H16INOS/c1-21-16(13-6-4-3-5-7-13)12-17(23)18(20)19(21)14-8-10-15(22-2)11-9-14/h3-12H,1-2H3. The van der Waals surface area contributed by atoms with E-state index < -0.39 is 0 Å². The number of aromatic nitrogens is 1. The molecule has 0 aliphatic carbocycles. The van der Waals surface area contributed by atoms with Crippen LogP contribution in [0, 0.1) is 8.08 Å². The van der Waals surface area contributed by atoms with E-state index in [2.05, 4.69) is 64.5 Å². The molecule has 0 saturated heterocycles. The number of rotatable bonds is 3. The second-order valence-electron chi connectivity index (χ2n) is 5.21. The fraction of sp³-hybridized carbons (Fsp3) is 0.105. The van der Waals surface area contributed by atoms with Crippen molar-refractivity contribution in [2.24, 2.45) is 7.05 Å². The highest BCUT2D eigenvalue weighted by atomic mass is 127. The van der Waals surface area contributed by atoms with E-state index >= 15 is 0 Å². The lowest BCUT2D eigenvalue weighted by Gasteiger charge is -2.17. The van der Waals surface area contributed by atoms with Gasteiger partial charge in [-0.05, 0) is 64.0 Å². The molecule has 116 valence electrons. The minimum Gasteiger partial charge on any atom is -0.497 e. The molecule has 0 bridgehead atoms. The summed E-state index contributed by atoms with van der Waals surface area (Å²) in [6.07, 6.45) is 0. The Morgan fingerprint density at radius 1 is 0.957 bits per heavy atom. The van der Waals surface area contributed by atoms with Crippen molar-refractivity contribution >= 4 is 34.8 Å². The molecule has 3 aromatic rings. The van der Waals surface area contributed by atoms with Gasteiger partial charge < -0.3 is 9.30 Å². The molecule has 23 heavy (non-hydrogen) atoms. The van der Waals surface area contributed by atoms with E-state index in [1.165, 1.54) is 0 Å². The van der Waals surface area contributed by atoms with E-state index in [1.807, 2.05) is 30.3 Å². The molecule has 2 aromatic carbocycles. The molecule has 0 radical (unpaired) electrons. The minimum atomic E-state index is 0.851. The van der Waals surface area contributed by atoms with Crippen LogP contribution in [0.2, 0.25) is 0 Å². The van der Waals surface area contributed by atoms with Crippen molar-refractivity contribution in [3.63, 3.8) is 0 Å². The van der Waals surface area contributed by atoms with E-state index in [0.717, 1.165) is 36.3 Å². The summed E-state index contributed by atoms with van der Waals surface area (Å²) in [7, 11) is 3.76. The average molecular weight is 433 g/mol. The van der Waals surface area contributed by atoms with Gasteiger partial charge in [-0.2, -0.15) is 0 Å². The lowest BCUT2D eigenvalue weighted by Crippen LogP contribution is -2.04. The Morgan fingerprint density at radius 3 is 2.22 bits per heavy atom. The van der Waals surface area contributed by atoms with Crippen LogP contribution in [0.15, 0.2) is 60.7 Å². The molecular weight excluding hydrogens is 417 g/mol. The maximum atomic E-state index is 5.59. The van der Waals surface area contributed by atoms with Gasteiger partial charge >= 0.3 is 0 Å². The largest absolute Gasteiger partial charge is 0.497 e. The zero-order valence-electron chi connectivity index (χ0n) is 12.9. The van der Waals surface area contributed by atoms with Crippen LogP contribution < -0.4 is 4.74 Å². The number of ether oxygens (including phenoxy) is 1. The molecule has 0 N–H and O–H groups in total. The number of methoxy groups -OCH3 is 1. The summed E-state index contributed by atoms with van der Waals surface area (Å²) in [5.74, 6) is 0.851. The summed E-state index contributed by atoms with van der Waals surface area (Å²) in [4.78, 5) is 0. The summed E-state index contributed by atoms with van der Waals surface area (Å²) in [5.41, 5.74) is 4.52. The molecule has 2 nitrogen and oxygen atoms in total. The fourth-order valence-corrected chi connectivity index (χ4v) is 3.66. The van der Waals surface area contributed by atoms with Gasteiger partial charge in [0.15, 0.2) is 0 Å². The van der Waals surface area contributed by atoms with Gasteiger partial charge in [0.25, 0.3) is 0 Å². The van der Waals surface area contributed by atoms with Crippen molar-refractivity contribution in [3.05, 3.63) is 68.7 Å². The summed E-state index contributed by atoms with van der Waals surface area (Å²) in [6, 6.07) is 20.5. The summed E-state index contributed by atoms with van der Waals surface area (Å²) >= 11 is 7.92. The predicted octanol–water partition coefficient (Wildman–Crippen LogP) is 5.70. The van der Waals surface area contributed by atoms with Crippen molar-refractivity contribution in [3.8, 4) is 28.3 Å². The number of hydrogen-bond donors (Lipinski definition) is 0. The molecule has 0 aliphatic rings. The molecule has 0 unspecified atom stereocenters. The Kier molecular flexibility index (Phi) is 4.82. The maximum absolute atomic E-state index is 5.59. The molecule has 0 atom stereocenters. The highest BCUT2D eigenvalue weighted by Gasteiger charge is 2.12. The van der Waals surface area contributed by atoms with Gasteiger partial charge in [0.05, 0.1) is 20.9 Å². The first kappa shape index (κ1) is 16.2. The van der Waals surface area contributed by atoms with Gasteiger partial charge in [0.2, 0.25) is 0 Å². The Morgan fingerprint density at radius 2 is 1.61 bits per heavy atom. The third kappa shape index (κ3) is 3.19. The number of nitrogens with zero attached hydrogens (tertiary/aromatic N) is 1. The number of hydrogen-bond acceptors (Lipinski definition) is 2. The molecule has 0 fully saturated rings. The van der Waals surface area contributed by atoms with Crippen molar-refractivity contribution in [2.75, 3.05) is 7.11 Å². The van der Waals surface area contributed by atoms with E-state index in [4.69, 9.17) is 17.0 Å². The van der Waals surface area contributed by atoms with Crippen LogP contribution in [0.5, 0.6) is 5.75 Å². The topological polar surface area (TPSA) is 14.2 Å². The summed E-state index contributed by atoms with van der Waals surface area (Å²) in [6.45, 7) is 0. The van der Waals surface area contributed by atoms with Crippen LogP contribution in [0.3, 0.4) is 0 Å². The quantitative estimate of drug-likeness (QED) is 0.389. The lowest BCUT2D eigenvalue weighted by atomic mass is 10.1. The first-order valence-corrected chi connectivity index (χ1v) is 8.70. The number of halogens is 1. The van der Waals surface area contributed by atoms with Crippen molar-refractivity contribution in [1.82, 2.24) is 4.57 Å². The molecule has 3 rings (SSSR count). The third-order valence-electron chi connectivity index (χ3n) is 3.82. The Bertz CT molecular complexity index is 886. The normalized spacial score (nSPS) is 10.6.